The van der Waals surface area contributed by atoms with Gasteiger partial charge in [-0.25, -0.2) is 0 Å². The van der Waals surface area contributed by atoms with Gasteiger partial charge in [0.05, 0.1) is 31.0 Å². The molecular formula is C13H28N2O3. The van der Waals surface area contributed by atoms with Crippen LogP contribution in [0.5, 0.6) is 0 Å². The van der Waals surface area contributed by atoms with E-state index in [2.05, 4.69) is 17.3 Å². The van der Waals surface area contributed by atoms with Crippen LogP contribution in [-0.2, 0) is 9.47 Å². The summed E-state index contributed by atoms with van der Waals surface area (Å²) in [5.74, 6) is 0. The molecule has 0 saturated carbocycles. The average molecular weight is 260 g/mol. The fourth-order valence-corrected chi connectivity index (χ4v) is 1.81. The Hall–Kier alpha value is -0.200. The quantitative estimate of drug-likeness (QED) is 0.708. The van der Waals surface area contributed by atoms with E-state index in [0.717, 1.165) is 26.2 Å². The summed E-state index contributed by atoms with van der Waals surface area (Å²) in [6.45, 7) is 10.4. The number of aliphatic hydroxyl groups is 1. The molecule has 0 aliphatic carbocycles. The van der Waals surface area contributed by atoms with Gasteiger partial charge in [-0.05, 0) is 27.8 Å². The predicted molar refractivity (Wildman–Crippen MR) is 71.8 cm³/mol. The number of rotatable bonds is 6. The van der Waals surface area contributed by atoms with E-state index < -0.39 is 6.10 Å². The number of hydrogen-bond acceptors (Lipinski definition) is 5. The highest BCUT2D eigenvalue weighted by Crippen LogP contribution is 2.07. The highest BCUT2D eigenvalue weighted by Gasteiger charge is 2.18. The van der Waals surface area contributed by atoms with E-state index in [9.17, 15) is 5.11 Å². The minimum atomic E-state index is -0.467. The zero-order chi connectivity index (χ0) is 13.6. The summed E-state index contributed by atoms with van der Waals surface area (Å²) in [5, 5.41) is 13.0. The largest absolute Gasteiger partial charge is 0.389 e. The molecule has 0 aromatic carbocycles. The lowest BCUT2D eigenvalue weighted by Gasteiger charge is -2.30. The molecule has 1 saturated heterocycles. The van der Waals surface area contributed by atoms with Crippen LogP contribution < -0.4 is 5.32 Å². The van der Waals surface area contributed by atoms with Crippen molar-refractivity contribution in [2.24, 2.45) is 0 Å². The van der Waals surface area contributed by atoms with E-state index in [1.54, 1.807) is 0 Å². The molecule has 108 valence electrons. The van der Waals surface area contributed by atoms with E-state index in [0.29, 0.717) is 13.2 Å². The van der Waals surface area contributed by atoms with Gasteiger partial charge in [-0.15, -0.1) is 0 Å². The Morgan fingerprint density at radius 2 is 2.22 bits per heavy atom. The number of ether oxygens (including phenoxy) is 2. The van der Waals surface area contributed by atoms with Crippen molar-refractivity contribution in [1.29, 1.82) is 0 Å². The highest BCUT2D eigenvalue weighted by molar-refractivity contribution is 4.72. The van der Waals surface area contributed by atoms with Crippen molar-refractivity contribution in [2.45, 2.75) is 38.6 Å². The molecule has 2 atom stereocenters. The molecule has 0 spiro atoms. The van der Waals surface area contributed by atoms with Gasteiger partial charge < -0.3 is 24.8 Å². The molecule has 0 bridgehead atoms. The summed E-state index contributed by atoms with van der Waals surface area (Å²) in [6, 6.07) is 0. The maximum Gasteiger partial charge on any atom is 0.0897 e. The summed E-state index contributed by atoms with van der Waals surface area (Å²) in [7, 11) is 2.10. The molecule has 0 aromatic rings. The van der Waals surface area contributed by atoms with Crippen LogP contribution in [0, 0.1) is 0 Å². The molecule has 2 N–H and O–H groups in total. The lowest BCUT2D eigenvalue weighted by Crippen LogP contribution is -2.46. The number of hydrogen-bond donors (Lipinski definition) is 2. The first-order valence-corrected chi connectivity index (χ1v) is 6.70. The summed E-state index contributed by atoms with van der Waals surface area (Å²) in [4.78, 5) is 2.26. The SMILES string of the molecule is CN1CCOC(CNCC(O)COC(C)(C)C)C1. The van der Waals surface area contributed by atoms with Crippen LogP contribution >= 0.6 is 0 Å². The number of morpholine rings is 1. The van der Waals surface area contributed by atoms with Crippen LogP contribution in [0.3, 0.4) is 0 Å². The van der Waals surface area contributed by atoms with Gasteiger partial charge in [-0.2, -0.15) is 0 Å². The van der Waals surface area contributed by atoms with E-state index >= 15 is 0 Å². The monoisotopic (exact) mass is 260 g/mol. The number of likely N-dealkylation sites (N-methyl/N-ethyl adjacent to an activating group) is 1. The van der Waals surface area contributed by atoms with Gasteiger partial charge >= 0.3 is 0 Å². The van der Waals surface area contributed by atoms with E-state index in [1.165, 1.54) is 0 Å². The Labute approximate surface area is 110 Å². The zero-order valence-corrected chi connectivity index (χ0v) is 12.1. The summed E-state index contributed by atoms with van der Waals surface area (Å²) >= 11 is 0. The van der Waals surface area contributed by atoms with Gasteiger partial charge in [-0.1, -0.05) is 0 Å². The van der Waals surface area contributed by atoms with Gasteiger partial charge in [0.1, 0.15) is 0 Å². The van der Waals surface area contributed by atoms with Gasteiger partial charge in [0.15, 0.2) is 0 Å². The third-order valence-corrected chi connectivity index (χ3v) is 2.80. The fourth-order valence-electron chi connectivity index (χ4n) is 1.81. The van der Waals surface area contributed by atoms with Gasteiger partial charge in [-0.3, -0.25) is 0 Å². The molecule has 5 heteroatoms. The van der Waals surface area contributed by atoms with Crippen LogP contribution in [0.2, 0.25) is 0 Å². The minimum Gasteiger partial charge on any atom is -0.389 e. The molecule has 0 amide bonds. The lowest BCUT2D eigenvalue weighted by atomic mass is 10.2. The Morgan fingerprint density at radius 3 is 2.83 bits per heavy atom. The molecule has 1 aliphatic rings. The minimum absolute atomic E-state index is 0.198. The van der Waals surface area contributed by atoms with Crippen LogP contribution in [0.4, 0.5) is 0 Å². The van der Waals surface area contributed by atoms with Crippen molar-refractivity contribution >= 4 is 0 Å². The fraction of sp³-hybridized carbons (Fsp3) is 1.00. The topological polar surface area (TPSA) is 54.0 Å². The molecule has 0 radical (unpaired) electrons. The second-order valence-electron chi connectivity index (χ2n) is 5.99. The Morgan fingerprint density at radius 1 is 1.50 bits per heavy atom. The molecule has 1 aliphatic heterocycles. The van der Waals surface area contributed by atoms with E-state index in [4.69, 9.17) is 9.47 Å². The first-order valence-electron chi connectivity index (χ1n) is 6.70. The highest BCUT2D eigenvalue weighted by atomic mass is 16.5. The predicted octanol–water partition coefficient (Wildman–Crippen LogP) is 0.0826. The molecule has 5 nitrogen and oxygen atoms in total. The Balaban J connectivity index is 2.06. The second-order valence-corrected chi connectivity index (χ2v) is 5.99. The molecule has 1 fully saturated rings. The van der Waals surface area contributed by atoms with E-state index in [1.807, 2.05) is 20.8 Å². The number of aliphatic hydroxyl groups excluding tert-OH is 1. The standard InChI is InChI=1S/C13H28N2O3/c1-13(2,3)18-10-11(16)7-14-8-12-9-15(4)5-6-17-12/h11-12,14,16H,5-10H2,1-4H3. The zero-order valence-electron chi connectivity index (χ0n) is 12.1. The molecular weight excluding hydrogens is 232 g/mol. The van der Waals surface area contributed by atoms with Crippen LogP contribution in [0.15, 0.2) is 0 Å². The first kappa shape index (κ1) is 15.9. The average Bonchev–Trinajstić information content (AvgIpc) is 2.25. The normalized spacial score (nSPS) is 24.2. The molecule has 2 unspecified atom stereocenters. The van der Waals surface area contributed by atoms with Crippen molar-refractivity contribution in [3.63, 3.8) is 0 Å². The van der Waals surface area contributed by atoms with Crippen LogP contribution in [0.25, 0.3) is 0 Å². The van der Waals surface area contributed by atoms with Crippen molar-refractivity contribution in [1.82, 2.24) is 10.2 Å². The summed E-state index contributed by atoms with van der Waals surface area (Å²) in [6.07, 6.45) is -0.245. The molecule has 18 heavy (non-hydrogen) atoms. The number of nitrogens with one attached hydrogen (secondary N) is 1. The maximum atomic E-state index is 9.76. The Kier molecular flexibility index (Phi) is 6.52. The van der Waals surface area contributed by atoms with E-state index in [-0.39, 0.29) is 11.7 Å². The third kappa shape index (κ3) is 7.28. The third-order valence-electron chi connectivity index (χ3n) is 2.80. The van der Waals surface area contributed by atoms with Gasteiger partial charge in [0.25, 0.3) is 0 Å². The van der Waals surface area contributed by atoms with Gasteiger partial charge in [0.2, 0.25) is 0 Å². The van der Waals surface area contributed by atoms with Crippen LogP contribution in [-0.4, -0.2) is 74.3 Å². The molecule has 0 aromatic heterocycles. The number of nitrogens with zero attached hydrogens (tertiary/aromatic N) is 1. The summed E-state index contributed by atoms with van der Waals surface area (Å²) < 4.78 is 11.1. The first-order chi connectivity index (χ1) is 8.37. The maximum absolute atomic E-state index is 9.76. The van der Waals surface area contributed by atoms with Crippen molar-refractivity contribution in [2.75, 3.05) is 46.4 Å². The second kappa shape index (κ2) is 7.40. The van der Waals surface area contributed by atoms with Gasteiger partial charge in [0, 0.05) is 26.2 Å². The Bertz CT molecular complexity index is 231. The molecule has 1 rings (SSSR count). The van der Waals surface area contributed by atoms with Crippen molar-refractivity contribution < 1.29 is 14.6 Å². The smallest absolute Gasteiger partial charge is 0.0897 e. The molecule has 1 heterocycles. The van der Waals surface area contributed by atoms with Crippen molar-refractivity contribution in [3.05, 3.63) is 0 Å². The van der Waals surface area contributed by atoms with Crippen molar-refractivity contribution in [3.8, 4) is 0 Å². The summed E-state index contributed by atoms with van der Waals surface area (Å²) in [5.41, 5.74) is -0.198. The van der Waals surface area contributed by atoms with Crippen LogP contribution in [0.1, 0.15) is 20.8 Å². The lowest BCUT2D eigenvalue weighted by molar-refractivity contribution is -0.0505.